The first-order valence-electron chi connectivity index (χ1n) is 9.30. The smallest absolute Gasteiger partial charge is 0.344 e. The van der Waals surface area contributed by atoms with Gasteiger partial charge in [-0.2, -0.15) is 0 Å². The molecule has 9 heteroatoms. The van der Waals surface area contributed by atoms with Crippen molar-refractivity contribution in [2.24, 2.45) is 5.73 Å². The molecule has 0 unspecified atom stereocenters. The van der Waals surface area contributed by atoms with Crippen molar-refractivity contribution < 1.29 is 33.3 Å². The topological polar surface area (TPSA) is 126 Å². The molecule has 9 nitrogen and oxygen atoms in total. The van der Waals surface area contributed by atoms with E-state index in [4.69, 9.17) is 24.7 Å². The number of ether oxygens (including phenoxy) is 4. The predicted molar refractivity (Wildman–Crippen MR) is 105 cm³/mol. The number of primary amides is 1. The molecule has 0 fully saturated rings. The summed E-state index contributed by atoms with van der Waals surface area (Å²) in [5.74, 6) is -0.445. The van der Waals surface area contributed by atoms with E-state index in [1.807, 2.05) is 6.07 Å². The van der Waals surface area contributed by atoms with Crippen molar-refractivity contribution in [3.05, 3.63) is 53.6 Å². The van der Waals surface area contributed by atoms with Crippen molar-refractivity contribution in [1.82, 2.24) is 5.32 Å². The van der Waals surface area contributed by atoms with Crippen molar-refractivity contribution in [2.75, 3.05) is 26.4 Å². The Balaban J connectivity index is 1.45. The number of nitrogens with two attached hydrogens (primary N) is 1. The molecule has 2 aromatic carbocycles. The van der Waals surface area contributed by atoms with Gasteiger partial charge in [0.2, 0.25) is 0 Å². The molecule has 1 aliphatic rings. The van der Waals surface area contributed by atoms with Gasteiger partial charge in [0.05, 0.1) is 11.6 Å². The SMILES string of the molecule is C[C@H](NC(=O)COC(=O)COc1ccccc1C(N)=O)c1ccc2c(c1)OCCO2. The Morgan fingerprint density at radius 3 is 2.57 bits per heavy atom. The maximum absolute atomic E-state index is 12.1. The van der Waals surface area contributed by atoms with E-state index in [0.717, 1.165) is 5.56 Å². The zero-order chi connectivity index (χ0) is 21.5. The van der Waals surface area contributed by atoms with Gasteiger partial charge < -0.3 is 30.0 Å². The van der Waals surface area contributed by atoms with E-state index in [2.05, 4.69) is 5.32 Å². The van der Waals surface area contributed by atoms with Crippen LogP contribution in [0.15, 0.2) is 42.5 Å². The fourth-order valence-corrected chi connectivity index (χ4v) is 2.82. The molecule has 0 radical (unpaired) electrons. The highest BCUT2D eigenvalue weighted by atomic mass is 16.6. The monoisotopic (exact) mass is 414 g/mol. The summed E-state index contributed by atoms with van der Waals surface area (Å²) in [6, 6.07) is 11.3. The van der Waals surface area contributed by atoms with Crippen molar-refractivity contribution in [1.29, 1.82) is 0 Å². The average Bonchev–Trinajstić information content (AvgIpc) is 2.76. The minimum atomic E-state index is -0.753. The van der Waals surface area contributed by atoms with Crippen LogP contribution in [0, 0.1) is 0 Å². The molecule has 3 N–H and O–H groups in total. The van der Waals surface area contributed by atoms with Crippen LogP contribution in [0.3, 0.4) is 0 Å². The molecule has 2 amide bonds. The van der Waals surface area contributed by atoms with Crippen LogP contribution < -0.4 is 25.3 Å². The molecule has 0 aromatic heterocycles. The number of fused-ring (bicyclic) bond motifs is 1. The van der Waals surface area contributed by atoms with Crippen molar-refractivity contribution in [3.8, 4) is 17.2 Å². The molecule has 0 spiro atoms. The van der Waals surface area contributed by atoms with E-state index < -0.39 is 31.0 Å². The lowest BCUT2D eigenvalue weighted by molar-refractivity contribution is -0.150. The van der Waals surface area contributed by atoms with Crippen LogP contribution in [0.4, 0.5) is 0 Å². The predicted octanol–water partition coefficient (Wildman–Crippen LogP) is 1.36. The fourth-order valence-electron chi connectivity index (χ4n) is 2.82. The third-order valence-electron chi connectivity index (χ3n) is 4.31. The molecule has 0 saturated carbocycles. The number of rotatable bonds is 8. The summed E-state index contributed by atoms with van der Waals surface area (Å²) < 4.78 is 21.2. The van der Waals surface area contributed by atoms with Crippen molar-refractivity contribution in [2.45, 2.75) is 13.0 Å². The molecule has 1 atom stereocenters. The zero-order valence-corrected chi connectivity index (χ0v) is 16.4. The number of hydrogen-bond donors (Lipinski definition) is 2. The number of esters is 1. The van der Waals surface area contributed by atoms with Gasteiger partial charge in [-0.15, -0.1) is 0 Å². The maximum atomic E-state index is 12.1. The third-order valence-corrected chi connectivity index (χ3v) is 4.31. The van der Waals surface area contributed by atoms with Gasteiger partial charge in [-0.25, -0.2) is 4.79 Å². The first kappa shape index (κ1) is 21.0. The summed E-state index contributed by atoms with van der Waals surface area (Å²) in [5, 5.41) is 2.74. The average molecular weight is 414 g/mol. The number of carbonyl (C=O) groups excluding carboxylic acids is 3. The number of amides is 2. The maximum Gasteiger partial charge on any atom is 0.344 e. The van der Waals surface area contributed by atoms with Crippen LogP contribution in [0.5, 0.6) is 17.2 Å². The Bertz CT molecular complexity index is 945. The van der Waals surface area contributed by atoms with E-state index in [9.17, 15) is 14.4 Å². The summed E-state index contributed by atoms with van der Waals surface area (Å²) in [6.45, 7) is 1.85. The molecule has 0 aliphatic carbocycles. The largest absolute Gasteiger partial charge is 0.486 e. The van der Waals surface area contributed by atoms with Gasteiger partial charge >= 0.3 is 5.97 Å². The summed E-state index contributed by atoms with van der Waals surface area (Å²) in [6.07, 6.45) is 0. The second kappa shape index (κ2) is 9.64. The second-order valence-electron chi connectivity index (χ2n) is 6.50. The van der Waals surface area contributed by atoms with Crippen LogP contribution in [-0.2, 0) is 14.3 Å². The zero-order valence-electron chi connectivity index (χ0n) is 16.4. The Hall–Kier alpha value is -3.75. The Labute approximate surface area is 173 Å². The minimum Gasteiger partial charge on any atom is -0.486 e. The number of carbonyl (C=O) groups is 3. The van der Waals surface area contributed by atoms with E-state index in [0.29, 0.717) is 24.7 Å². The van der Waals surface area contributed by atoms with Gasteiger partial charge in [0, 0.05) is 0 Å². The quantitative estimate of drug-likeness (QED) is 0.625. The van der Waals surface area contributed by atoms with Crippen LogP contribution >= 0.6 is 0 Å². The number of benzene rings is 2. The van der Waals surface area contributed by atoms with Gasteiger partial charge in [0.1, 0.15) is 19.0 Å². The van der Waals surface area contributed by atoms with Gasteiger partial charge in [-0.1, -0.05) is 18.2 Å². The molecule has 30 heavy (non-hydrogen) atoms. The van der Waals surface area contributed by atoms with Crippen LogP contribution in [0.1, 0.15) is 28.9 Å². The van der Waals surface area contributed by atoms with Gasteiger partial charge in [-0.3, -0.25) is 9.59 Å². The Morgan fingerprint density at radius 2 is 1.80 bits per heavy atom. The van der Waals surface area contributed by atoms with Crippen LogP contribution in [0.25, 0.3) is 0 Å². The highest BCUT2D eigenvalue weighted by Crippen LogP contribution is 2.32. The second-order valence-corrected chi connectivity index (χ2v) is 6.50. The number of para-hydroxylation sites is 1. The molecular formula is C21H22N2O7. The Morgan fingerprint density at radius 1 is 1.07 bits per heavy atom. The first-order valence-corrected chi connectivity index (χ1v) is 9.30. The molecular weight excluding hydrogens is 392 g/mol. The van der Waals surface area contributed by atoms with Gasteiger partial charge in [0.25, 0.3) is 11.8 Å². The van der Waals surface area contributed by atoms with Gasteiger partial charge in [-0.05, 0) is 36.8 Å². The minimum absolute atomic E-state index is 0.149. The molecule has 0 saturated heterocycles. The van der Waals surface area contributed by atoms with Crippen LogP contribution in [-0.4, -0.2) is 44.2 Å². The summed E-state index contributed by atoms with van der Waals surface area (Å²) in [7, 11) is 0. The standard InChI is InChI=1S/C21H22N2O7/c1-13(14-6-7-17-18(10-14)28-9-8-27-17)23-19(24)11-30-20(25)12-29-16-5-3-2-4-15(16)21(22)26/h2-7,10,13H,8-9,11-12H2,1H3,(H2,22,26)(H,23,24)/t13-/m0/s1. The van der Waals surface area contributed by atoms with E-state index >= 15 is 0 Å². The fraction of sp³-hybridized carbons (Fsp3) is 0.286. The highest BCUT2D eigenvalue weighted by Gasteiger charge is 2.17. The molecule has 3 rings (SSSR count). The lowest BCUT2D eigenvalue weighted by atomic mass is 10.1. The molecule has 1 aliphatic heterocycles. The third kappa shape index (κ3) is 5.40. The molecule has 1 heterocycles. The van der Waals surface area contributed by atoms with Gasteiger partial charge in [0.15, 0.2) is 24.7 Å². The normalized spacial score (nSPS) is 13.1. The lowest BCUT2D eigenvalue weighted by Crippen LogP contribution is -2.32. The summed E-state index contributed by atoms with van der Waals surface area (Å²) >= 11 is 0. The van der Waals surface area contributed by atoms with Crippen molar-refractivity contribution >= 4 is 17.8 Å². The Kier molecular flexibility index (Phi) is 6.74. The molecule has 0 bridgehead atoms. The highest BCUT2D eigenvalue weighted by molar-refractivity contribution is 5.95. The molecule has 158 valence electrons. The number of nitrogens with one attached hydrogen (secondary N) is 1. The summed E-state index contributed by atoms with van der Waals surface area (Å²) in [4.78, 5) is 35.3. The number of hydrogen-bond acceptors (Lipinski definition) is 7. The van der Waals surface area contributed by atoms with Crippen molar-refractivity contribution in [3.63, 3.8) is 0 Å². The molecule has 2 aromatic rings. The van der Waals surface area contributed by atoms with E-state index in [-0.39, 0.29) is 17.4 Å². The lowest BCUT2D eigenvalue weighted by Gasteiger charge is -2.21. The van der Waals surface area contributed by atoms with E-state index in [1.165, 1.54) is 12.1 Å². The first-order chi connectivity index (χ1) is 14.4. The van der Waals surface area contributed by atoms with E-state index in [1.54, 1.807) is 31.2 Å². The summed E-state index contributed by atoms with van der Waals surface area (Å²) in [5.41, 5.74) is 6.22. The van der Waals surface area contributed by atoms with Crippen LogP contribution in [0.2, 0.25) is 0 Å².